The minimum Gasteiger partial charge on any atom is -0.326 e. The smallest absolute Gasteiger partial charge is 0.230 e. The first kappa shape index (κ1) is 11.8. The molecule has 1 N–H and O–H groups in total. The summed E-state index contributed by atoms with van der Waals surface area (Å²) in [5.41, 5.74) is 1.16. The highest BCUT2D eigenvalue weighted by atomic mass is 16.2. The molecule has 0 radical (unpaired) electrons. The fourth-order valence-electron chi connectivity index (χ4n) is 2.31. The molecule has 0 unspecified atom stereocenters. The number of anilines is 1. The number of carbonyl (C=O) groups excluding carboxylic acids is 2. The van der Waals surface area contributed by atoms with E-state index in [1.807, 2.05) is 6.92 Å². The molecular formula is C14H17NO2. The fourth-order valence-corrected chi connectivity index (χ4v) is 2.31. The Kier molecular flexibility index (Phi) is 3.27. The van der Waals surface area contributed by atoms with Crippen LogP contribution in [0.15, 0.2) is 24.3 Å². The van der Waals surface area contributed by atoms with E-state index in [-0.39, 0.29) is 11.3 Å². The van der Waals surface area contributed by atoms with Crippen LogP contribution in [-0.2, 0) is 4.79 Å². The van der Waals surface area contributed by atoms with E-state index in [0.29, 0.717) is 5.56 Å². The van der Waals surface area contributed by atoms with Crippen molar-refractivity contribution >= 4 is 17.9 Å². The quantitative estimate of drug-likeness (QED) is 0.813. The maximum absolute atomic E-state index is 12.1. The zero-order chi connectivity index (χ0) is 12.3. The largest absolute Gasteiger partial charge is 0.326 e. The van der Waals surface area contributed by atoms with E-state index in [1.54, 1.807) is 24.3 Å². The molecule has 0 aliphatic heterocycles. The normalized spacial score (nSPS) is 17.7. The first-order valence-electron chi connectivity index (χ1n) is 6.01. The fraction of sp³-hybridized carbons (Fsp3) is 0.429. The third-order valence-corrected chi connectivity index (χ3v) is 3.56. The van der Waals surface area contributed by atoms with E-state index in [9.17, 15) is 9.59 Å². The van der Waals surface area contributed by atoms with E-state index in [0.717, 1.165) is 37.7 Å². The van der Waals surface area contributed by atoms with Gasteiger partial charge < -0.3 is 5.32 Å². The lowest BCUT2D eigenvalue weighted by Gasteiger charge is -2.22. The Morgan fingerprint density at radius 1 is 1.24 bits per heavy atom. The molecule has 1 aromatic carbocycles. The van der Waals surface area contributed by atoms with Crippen LogP contribution in [0.25, 0.3) is 0 Å². The number of benzene rings is 1. The zero-order valence-electron chi connectivity index (χ0n) is 10.0. The summed E-state index contributed by atoms with van der Waals surface area (Å²) in [5.74, 6) is 0.0915. The molecule has 0 aromatic heterocycles. The highest BCUT2D eigenvalue weighted by Crippen LogP contribution is 2.38. The van der Waals surface area contributed by atoms with Gasteiger partial charge in [0.25, 0.3) is 0 Å². The molecule has 1 saturated carbocycles. The molecule has 1 fully saturated rings. The van der Waals surface area contributed by atoms with Gasteiger partial charge in [-0.25, -0.2) is 0 Å². The molecule has 0 saturated heterocycles. The Labute approximate surface area is 101 Å². The van der Waals surface area contributed by atoms with Crippen molar-refractivity contribution in [3.63, 3.8) is 0 Å². The number of amides is 1. The van der Waals surface area contributed by atoms with Crippen LogP contribution in [0.1, 0.15) is 43.0 Å². The Hall–Kier alpha value is -1.64. The summed E-state index contributed by atoms with van der Waals surface area (Å²) in [4.78, 5) is 22.6. The van der Waals surface area contributed by atoms with E-state index in [1.165, 1.54) is 0 Å². The molecule has 1 aliphatic carbocycles. The summed E-state index contributed by atoms with van der Waals surface area (Å²) in [6.45, 7) is 2.02. The van der Waals surface area contributed by atoms with Gasteiger partial charge in [0.1, 0.15) is 6.29 Å². The van der Waals surface area contributed by atoms with Gasteiger partial charge in [-0.05, 0) is 37.1 Å². The maximum Gasteiger partial charge on any atom is 0.230 e. The molecule has 17 heavy (non-hydrogen) atoms. The summed E-state index contributed by atoms with van der Waals surface area (Å²) in [5, 5.41) is 2.92. The van der Waals surface area contributed by atoms with Crippen LogP contribution in [0.5, 0.6) is 0 Å². The van der Waals surface area contributed by atoms with Crippen molar-refractivity contribution in [2.24, 2.45) is 5.41 Å². The first-order chi connectivity index (χ1) is 8.14. The molecule has 90 valence electrons. The Bertz CT molecular complexity index is 416. The molecule has 1 amide bonds. The van der Waals surface area contributed by atoms with E-state index < -0.39 is 0 Å². The molecule has 1 aliphatic rings. The van der Waals surface area contributed by atoms with Gasteiger partial charge in [-0.3, -0.25) is 9.59 Å². The SMILES string of the molecule is CC1(C(=O)Nc2ccc(C=O)cc2)CCCC1. The van der Waals surface area contributed by atoms with Gasteiger partial charge in [0.05, 0.1) is 0 Å². The lowest BCUT2D eigenvalue weighted by Crippen LogP contribution is -2.30. The lowest BCUT2D eigenvalue weighted by atomic mass is 9.88. The van der Waals surface area contributed by atoms with Gasteiger partial charge in [0, 0.05) is 16.7 Å². The number of hydrogen-bond acceptors (Lipinski definition) is 2. The van der Waals surface area contributed by atoms with Crippen LogP contribution in [0.2, 0.25) is 0 Å². The van der Waals surface area contributed by atoms with E-state index in [2.05, 4.69) is 5.32 Å². The summed E-state index contributed by atoms with van der Waals surface area (Å²) in [6, 6.07) is 6.94. The molecular weight excluding hydrogens is 214 g/mol. The van der Waals surface area contributed by atoms with Crippen molar-refractivity contribution in [3.8, 4) is 0 Å². The summed E-state index contributed by atoms with van der Waals surface area (Å²) >= 11 is 0. The third-order valence-electron chi connectivity index (χ3n) is 3.56. The minimum atomic E-state index is -0.219. The Morgan fingerprint density at radius 3 is 2.35 bits per heavy atom. The zero-order valence-corrected chi connectivity index (χ0v) is 10.0. The van der Waals surface area contributed by atoms with Crippen LogP contribution in [-0.4, -0.2) is 12.2 Å². The molecule has 1 aromatic rings. The molecule has 0 heterocycles. The second-order valence-electron chi connectivity index (χ2n) is 4.96. The maximum atomic E-state index is 12.1. The summed E-state index contributed by atoms with van der Waals surface area (Å²) in [7, 11) is 0. The van der Waals surface area contributed by atoms with Crippen molar-refractivity contribution in [1.29, 1.82) is 0 Å². The van der Waals surface area contributed by atoms with Crippen LogP contribution in [0.4, 0.5) is 5.69 Å². The number of nitrogens with one attached hydrogen (secondary N) is 1. The van der Waals surface area contributed by atoms with Crippen molar-refractivity contribution in [1.82, 2.24) is 0 Å². The Balaban J connectivity index is 2.04. The highest BCUT2D eigenvalue weighted by Gasteiger charge is 2.36. The monoisotopic (exact) mass is 231 g/mol. The molecule has 2 rings (SSSR count). The number of carbonyl (C=O) groups is 2. The average Bonchev–Trinajstić information content (AvgIpc) is 2.78. The number of rotatable bonds is 3. The van der Waals surface area contributed by atoms with Gasteiger partial charge in [-0.1, -0.05) is 19.8 Å². The molecule has 3 nitrogen and oxygen atoms in total. The number of aldehydes is 1. The van der Waals surface area contributed by atoms with E-state index in [4.69, 9.17) is 0 Å². The van der Waals surface area contributed by atoms with Gasteiger partial charge in [-0.15, -0.1) is 0 Å². The van der Waals surface area contributed by atoms with Crippen LogP contribution >= 0.6 is 0 Å². The topological polar surface area (TPSA) is 46.2 Å². The number of hydrogen-bond donors (Lipinski definition) is 1. The minimum absolute atomic E-state index is 0.0915. The van der Waals surface area contributed by atoms with Crippen LogP contribution in [0.3, 0.4) is 0 Å². The predicted octanol–water partition coefficient (Wildman–Crippen LogP) is 3.02. The van der Waals surface area contributed by atoms with Gasteiger partial charge in [0.2, 0.25) is 5.91 Å². The van der Waals surface area contributed by atoms with Crippen LogP contribution < -0.4 is 5.32 Å². The van der Waals surface area contributed by atoms with Gasteiger partial charge in [-0.2, -0.15) is 0 Å². The lowest BCUT2D eigenvalue weighted by molar-refractivity contribution is -0.124. The van der Waals surface area contributed by atoms with Gasteiger partial charge in [0.15, 0.2) is 0 Å². The molecule has 0 atom stereocenters. The van der Waals surface area contributed by atoms with Crippen LogP contribution in [0, 0.1) is 5.41 Å². The standard InChI is InChI=1S/C14H17NO2/c1-14(8-2-3-9-14)13(17)15-12-6-4-11(10-16)5-7-12/h4-7,10H,2-3,8-9H2,1H3,(H,15,17). The van der Waals surface area contributed by atoms with Crippen molar-refractivity contribution in [2.75, 3.05) is 5.32 Å². The van der Waals surface area contributed by atoms with E-state index >= 15 is 0 Å². The molecule has 0 bridgehead atoms. The second-order valence-corrected chi connectivity index (χ2v) is 4.96. The highest BCUT2D eigenvalue weighted by molar-refractivity contribution is 5.95. The predicted molar refractivity (Wildman–Crippen MR) is 67.0 cm³/mol. The van der Waals surface area contributed by atoms with Crippen molar-refractivity contribution < 1.29 is 9.59 Å². The Morgan fingerprint density at radius 2 is 1.82 bits per heavy atom. The average molecular weight is 231 g/mol. The van der Waals surface area contributed by atoms with Crippen molar-refractivity contribution in [3.05, 3.63) is 29.8 Å². The van der Waals surface area contributed by atoms with Gasteiger partial charge >= 0.3 is 0 Å². The summed E-state index contributed by atoms with van der Waals surface area (Å²) in [6.07, 6.45) is 4.99. The first-order valence-corrected chi connectivity index (χ1v) is 6.01. The van der Waals surface area contributed by atoms with Crippen molar-refractivity contribution in [2.45, 2.75) is 32.6 Å². The second kappa shape index (κ2) is 4.70. The molecule has 0 spiro atoms. The molecule has 3 heteroatoms. The summed E-state index contributed by atoms with van der Waals surface area (Å²) < 4.78 is 0. The third kappa shape index (κ3) is 2.54.